The topological polar surface area (TPSA) is 158 Å². The molecule has 1 unspecified atom stereocenters. The van der Waals surface area contributed by atoms with Gasteiger partial charge in [-0.05, 0) is 112 Å². The smallest absolute Gasteiger partial charge is 0.262 e. The van der Waals surface area contributed by atoms with E-state index in [-0.39, 0.29) is 18.7 Å². The van der Waals surface area contributed by atoms with Crippen LogP contribution >= 0.6 is 0 Å². The molecule has 4 amide bonds. The summed E-state index contributed by atoms with van der Waals surface area (Å²) in [5, 5.41) is 14.7. The van der Waals surface area contributed by atoms with E-state index in [2.05, 4.69) is 87.0 Å². The molecule has 14 nitrogen and oxygen atoms in total. The number of hydrogen-bond acceptors (Lipinski definition) is 11. The van der Waals surface area contributed by atoms with Crippen molar-refractivity contribution < 1.29 is 19.2 Å². The van der Waals surface area contributed by atoms with Crippen LogP contribution in [-0.2, 0) is 16.6 Å². The standard InChI is InChI=1S/C43H46N10O4/c1-25-5-4-6-26(2)37(25)47-38-34-24-44-43(48-39(34)50(3)49-38)45-29-9-7-27(8-10-29)28-15-19-51(20-16-28)30-17-21-52(22-18-30)31-11-12-32-33(23-31)42(57)53(41(32)56)35-13-14-36(54)46-40(35)55/h4-12,23-24,28,30,35H,13-22H2,1-3H3,(H,47,49)(H,44,45,48)(H,46,54,55). The Morgan fingerprint density at radius 2 is 1.51 bits per heavy atom. The first-order valence-electron chi connectivity index (χ1n) is 19.9. The monoisotopic (exact) mass is 766 g/mol. The summed E-state index contributed by atoms with van der Waals surface area (Å²) < 4.78 is 1.78. The Balaban J connectivity index is 0.770. The third-order valence-electron chi connectivity index (χ3n) is 12.2. The van der Waals surface area contributed by atoms with Crippen LogP contribution in [0.2, 0.25) is 0 Å². The quantitative estimate of drug-likeness (QED) is 0.166. The van der Waals surface area contributed by atoms with Gasteiger partial charge >= 0.3 is 0 Å². The molecule has 57 heavy (non-hydrogen) atoms. The Labute approximate surface area is 330 Å². The van der Waals surface area contributed by atoms with Gasteiger partial charge in [0.05, 0.1) is 16.5 Å². The molecule has 3 saturated heterocycles. The second-order valence-corrected chi connectivity index (χ2v) is 15.7. The zero-order valence-electron chi connectivity index (χ0n) is 32.4. The van der Waals surface area contributed by atoms with Gasteiger partial charge in [-0.1, -0.05) is 30.3 Å². The highest BCUT2D eigenvalue weighted by molar-refractivity contribution is 6.23. The minimum absolute atomic E-state index is 0.101. The van der Waals surface area contributed by atoms with Crippen molar-refractivity contribution in [2.24, 2.45) is 7.05 Å². The number of fused-ring (bicyclic) bond motifs is 2. The molecule has 0 radical (unpaired) electrons. The lowest BCUT2D eigenvalue weighted by Gasteiger charge is -2.42. The highest BCUT2D eigenvalue weighted by Crippen LogP contribution is 2.35. The number of piperidine rings is 3. The van der Waals surface area contributed by atoms with Crippen LogP contribution in [0.4, 0.5) is 28.8 Å². The number of likely N-dealkylation sites (tertiary alicyclic amines) is 1. The van der Waals surface area contributed by atoms with Gasteiger partial charge in [-0.15, -0.1) is 0 Å². The van der Waals surface area contributed by atoms with Gasteiger partial charge in [0.15, 0.2) is 11.5 Å². The van der Waals surface area contributed by atoms with Gasteiger partial charge in [0, 0.05) is 55.9 Å². The first-order chi connectivity index (χ1) is 27.6. The van der Waals surface area contributed by atoms with E-state index in [1.165, 1.54) is 5.56 Å². The number of amides is 4. The number of nitrogens with one attached hydrogen (secondary N) is 3. The van der Waals surface area contributed by atoms with Crippen LogP contribution in [-0.4, -0.2) is 91.4 Å². The van der Waals surface area contributed by atoms with E-state index in [0.717, 1.165) is 102 Å². The second kappa shape index (κ2) is 14.7. The molecule has 4 aliphatic rings. The number of carbonyl (C=O) groups is 4. The zero-order valence-corrected chi connectivity index (χ0v) is 32.4. The molecule has 0 spiro atoms. The molecule has 1 atom stereocenters. The minimum atomic E-state index is -0.962. The fourth-order valence-corrected chi connectivity index (χ4v) is 9.03. The molecule has 0 aliphatic carbocycles. The number of hydrogen-bond donors (Lipinski definition) is 3. The van der Waals surface area contributed by atoms with Crippen molar-refractivity contribution in [1.29, 1.82) is 0 Å². The average Bonchev–Trinajstić information content (AvgIpc) is 3.66. The van der Waals surface area contributed by atoms with Gasteiger partial charge in [0.2, 0.25) is 17.8 Å². The Hall–Kier alpha value is -6.15. The summed E-state index contributed by atoms with van der Waals surface area (Å²) in [7, 11) is 1.89. The Bertz CT molecular complexity index is 2390. The van der Waals surface area contributed by atoms with Crippen molar-refractivity contribution >= 4 is 63.5 Å². The van der Waals surface area contributed by atoms with E-state index < -0.39 is 23.8 Å². The lowest BCUT2D eigenvalue weighted by molar-refractivity contribution is -0.136. The van der Waals surface area contributed by atoms with Crippen molar-refractivity contribution in [3.63, 3.8) is 0 Å². The average molecular weight is 767 g/mol. The molecule has 5 aromatic rings. The first-order valence-corrected chi connectivity index (χ1v) is 19.9. The number of para-hydroxylation sites is 1. The molecule has 3 fully saturated rings. The fraction of sp³-hybridized carbons (Fsp3) is 0.372. The minimum Gasteiger partial charge on any atom is -0.371 e. The van der Waals surface area contributed by atoms with E-state index in [9.17, 15) is 19.2 Å². The van der Waals surface area contributed by atoms with Gasteiger partial charge in [0.25, 0.3) is 11.8 Å². The van der Waals surface area contributed by atoms with Crippen molar-refractivity contribution in [3.8, 4) is 0 Å². The van der Waals surface area contributed by atoms with Gasteiger partial charge in [-0.2, -0.15) is 10.1 Å². The van der Waals surface area contributed by atoms with Crippen molar-refractivity contribution in [2.45, 2.75) is 70.4 Å². The van der Waals surface area contributed by atoms with Crippen LogP contribution in [0.3, 0.4) is 0 Å². The SMILES string of the molecule is Cc1cccc(C)c1Nc1nn(C)c2nc(Nc3ccc(C4CCN(C5CCN(c6ccc7c(c6)C(=O)N(C6CCC(=O)NC6=O)C7=O)CC5)CC4)cc3)ncc12. The van der Waals surface area contributed by atoms with E-state index in [1.54, 1.807) is 16.8 Å². The van der Waals surface area contributed by atoms with Crippen molar-refractivity contribution in [3.05, 3.63) is 94.7 Å². The molecule has 0 saturated carbocycles. The van der Waals surface area contributed by atoms with Crippen LogP contribution in [0.5, 0.6) is 0 Å². The number of aromatic nitrogens is 4. The lowest BCUT2D eigenvalue weighted by atomic mass is 9.88. The molecular weight excluding hydrogens is 721 g/mol. The number of nitrogens with zero attached hydrogens (tertiary/aromatic N) is 7. The second-order valence-electron chi connectivity index (χ2n) is 15.7. The predicted octanol–water partition coefficient (Wildman–Crippen LogP) is 5.72. The predicted molar refractivity (Wildman–Crippen MR) is 217 cm³/mol. The first kappa shape index (κ1) is 36.5. The fourth-order valence-electron chi connectivity index (χ4n) is 9.03. The Morgan fingerprint density at radius 1 is 0.789 bits per heavy atom. The third-order valence-corrected chi connectivity index (χ3v) is 12.2. The summed E-state index contributed by atoms with van der Waals surface area (Å²) >= 11 is 0. The molecule has 3 aromatic carbocycles. The van der Waals surface area contributed by atoms with Gasteiger partial charge in [-0.3, -0.25) is 29.4 Å². The largest absolute Gasteiger partial charge is 0.371 e. The summed E-state index contributed by atoms with van der Waals surface area (Å²) in [6.07, 6.45) is 6.32. The van der Waals surface area contributed by atoms with Crippen LogP contribution in [0.1, 0.15) is 81.8 Å². The molecule has 14 heteroatoms. The van der Waals surface area contributed by atoms with Crippen molar-refractivity contribution in [1.82, 2.24) is 34.9 Å². The summed E-state index contributed by atoms with van der Waals surface area (Å²) in [5.41, 5.74) is 7.92. The number of anilines is 5. The van der Waals surface area contributed by atoms with E-state index in [1.807, 2.05) is 19.3 Å². The van der Waals surface area contributed by atoms with Crippen molar-refractivity contribution in [2.75, 3.05) is 41.7 Å². The van der Waals surface area contributed by atoms with Gasteiger partial charge in [0.1, 0.15) is 6.04 Å². The number of carbonyl (C=O) groups excluding carboxylic acids is 4. The van der Waals surface area contributed by atoms with Gasteiger partial charge < -0.3 is 20.4 Å². The highest BCUT2D eigenvalue weighted by Gasteiger charge is 2.45. The molecule has 0 bridgehead atoms. The van der Waals surface area contributed by atoms with Crippen LogP contribution in [0, 0.1) is 13.8 Å². The molecule has 3 N–H and O–H groups in total. The van der Waals surface area contributed by atoms with E-state index in [0.29, 0.717) is 29.0 Å². The van der Waals surface area contributed by atoms with Crippen LogP contribution in [0.15, 0.2) is 66.9 Å². The molecule has 292 valence electrons. The van der Waals surface area contributed by atoms with Gasteiger partial charge in [-0.25, -0.2) is 9.67 Å². The Kier molecular flexibility index (Phi) is 9.43. The molecule has 4 aliphatic heterocycles. The maximum atomic E-state index is 13.4. The molecule has 2 aromatic heterocycles. The number of imide groups is 2. The van der Waals surface area contributed by atoms with E-state index >= 15 is 0 Å². The summed E-state index contributed by atoms with van der Waals surface area (Å²) in [6.45, 7) is 8.00. The van der Waals surface area contributed by atoms with Crippen LogP contribution < -0.4 is 20.9 Å². The summed E-state index contributed by atoms with van der Waals surface area (Å²) in [6, 6.07) is 19.8. The molecular formula is C43H46N10O4. The number of benzene rings is 3. The molecule has 6 heterocycles. The number of aryl methyl sites for hydroxylation is 3. The normalized spacial score (nSPS) is 19.7. The lowest BCUT2D eigenvalue weighted by Crippen LogP contribution is -2.54. The zero-order chi connectivity index (χ0) is 39.4. The summed E-state index contributed by atoms with van der Waals surface area (Å²) in [4.78, 5) is 65.9. The van der Waals surface area contributed by atoms with Crippen LogP contribution in [0.25, 0.3) is 11.0 Å². The Morgan fingerprint density at radius 3 is 2.23 bits per heavy atom. The highest BCUT2D eigenvalue weighted by atomic mass is 16.2. The third kappa shape index (κ3) is 6.87. The summed E-state index contributed by atoms with van der Waals surface area (Å²) in [5.74, 6) is -0.168. The molecule has 9 rings (SSSR count). The maximum absolute atomic E-state index is 13.4. The maximum Gasteiger partial charge on any atom is 0.262 e. The number of rotatable bonds is 8. The van der Waals surface area contributed by atoms with E-state index in [4.69, 9.17) is 10.1 Å².